The molecule has 0 saturated carbocycles. The van der Waals surface area contributed by atoms with Gasteiger partial charge in [0.25, 0.3) is 0 Å². The normalized spacial score (nSPS) is 11.4. The molecule has 5 nitrogen and oxygen atoms in total. The summed E-state index contributed by atoms with van der Waals surface area (Å²) in [5.41, 5.74) is -0.0495. The number of ketones is 1. The van der Waals surface area contributed by atoms with Crippen molar-refractivity contribution in [2.45, 2.75) is 24.3 Å². The molecule has 26 heavy (non-hydrogen) atoms. The summed E-state index contributed by atoms with van der Waals surface area (Å²) >= 11 is 4.31. The van der Waals surface area contributed by atoms with Crippen molar-refractivity contribution < 1.29 is 24.2 Å². The van der Waals surface area contributed by atoms with Gasteiger partial charge in [0.1, 0.15) is 11.5 Å². The molecular weight excluding hydrogens is 352 g/mol. The van der Waals surface area contributed by atoms with Gasteiger partial charge in [-0.05, 0) is 55.8 Å². The van der Waals surface area contributed by atoms with Gasteiger partial charge < -0.3 is 14.6 Å². The van der Waals surface area contributed by atoms with Crippen LogP contribution in [0.15, 0.2) is 53.4 Å². The summed E-state index contributed by atoms with van der Waals surface area (Å²) in [6.07, 6.45) is 3.13. The first kappa shape index (κ1) is 19.6. The summed E-state index contributed by atoms with van der Waals surface area (Å²) in [5.74, 6) is -0.150. The van der Waals surface area contributed by atoms with Crippen molar-refractivity contribution in [2.75, 3.05) is 7.11 Å². The molecule has 1 N–H and O–H groups in total. The summed E-state index contributed by atoms with van der Waals surface area (Å²) in [7, 11) is 1.55. The maximum atomic E-state index is 12.3. The van der Waals surface area contributed by atoms with Crippen LogP contribution in [0, 0.1) is 0 Å². The first-order valence-electron chi connectivity index (χ1n) is 7.85. The van der Waals surface area contributed by atoms with E-state index in [1.54, 1.807) is 55.7 Å². The second-order valence-electron chi connectivity index (χ2n) is 6.07. The molecule has 2 rings (SSSR count). The van der Waals surface area contributed by atoms with Gasteiger partial charge in [-0.3, -0.25) is 4.79 Å². The Morgan fingerprint density at radius 1 is 1.08 bits per heavy atom. The number of carbonyl (C=O) groups is 2. The van der Waals surface area contributed by atoms with Gasteiger partial charge in [0.05, 0.1) is 7.11 Å². The van der Waals surface area contributed by atoms with Crippen LogP contribution >= 0.6 is 12.6 Å². The van der Waals surface area contributed by atoms with Crippen LogP contribution in [0.1, 0.15) is 29.8 Å². The van der Waals surface area contributed by atoms with Crippen molar-refractivity contribution in [1.82, 2.24) is 0 Å². The van der Waals surface area contributed by atoms with Crippen LogP contribution in [-0.2, 0) is 4.79 Å². The number of benzene rings is 2. The van der Waals surface area contributed by atoms with E-state index in [0.717, 1.165) is 5.56 Å². The van der Waals surface area contributed by atoms with E-state index in [-0.39, 0.29) is 5.78 Å². The Hall–Kier alpha value is -2.73. The zero-order valence-corrected chi connectivity index (χ0v) is 15.6. The lowest BCUT2D eigenvalue weighted by Gasteiger charge is -2.21. The fourth-order valence-corrected chi connectivity index (χ4v) is 2.41. The van der Waals surface area contributed by atoms with E-state index >= 15 is 0 Å². The SMILES string of the molecule is COc1ccc(C(=O)/C=C/c2ccc(OC(C)(C)C(=O)O)cc2)c(S)c1. The molecule has 0 aliphatic carbocycles. The third-order valence-corrected chi connectivity index (χ3v) is 4.04. The van der Waals surface area contributed by atoms with E-state index in [0.29, 0.717) is 22.0 Å². The number of hydrogen-bond donors (Lipinski definition) is 2. The Morgan fingerprint density at radius 2 is 1.69 bits per heavy atom. The molecule has 0 aliphatic rings. The molecule has 0 atom stereocenters. The predicted octanol–water partition coefficient (Wildman–Crippen LogP) is 4.12. The van der Waals surface area contributed by atoms with E-state index in [1.807, 2.05) is 0 Å². The summed E-state index contributed by atoms with van der Waals surface area (Å²) in [4.78, 5) is 23.9. The molecule has 2 aromatic rings. The number of carboxylic acids is 1. The molecule has 6 heteroatoms. The summed E-state index contributed by atoms with van der Waals surface area (Å²) in [6, 6.07) is 11.9. The fourth-order valence-electron chi connectivity index (χ4n) is 2.09. The molecule has 136 valence electrons. The molecular formula is C20H20O5S. The van der Waals surface area contributed by atoms with Gasteiger partial charge in [-0.25, -0.2) is 4.79 Å². The minimum absolute atomic E-state index is 0.176. The van der Waals surface area contributed by atoms with Gasteiger partial charge in [-0.2, -0.15) is 0 Å². The molecule has 0 radical (unpaired) electrons. The average molecular weight is 372 g/mol. The number of ether oxygens (including phenoxy) is 2. The van der Waals surface area contributed by atoms with E-state index in [4.69, 9.17) is 14.6 Å². The minimum Gasteiger partial charge on any atom is -0.497 e. The van der Waals surface area contributed by atoms with Crippen molar-refractivity contribution in [2.24, 2.45) is 0 Å². The van der Waals surface area contributed by atoms with Crippen LogP contribution in [0.2, 0.25) is 0 Å². The molecule has 0 aliphatic heterocycles. The molecule has 0 amide bonds. The maximum Gasteiger partial charge on any atom is 0.347 e. The Morgan fingerprint density at radius 3 is 2.23 bits per heavy atom. The molecule has 0 saturated heterocycles. The number of rotatable bonds is 7. The van der Waals surface area contributed by atoms with E-state index < -0.39 is 11.6 Å². The van der Waals surface area contributed by atoms with Gasteiger partial charge in [-0.15, -0.1) is 12.6 Å². The first-order chi connectivity index (χ1) is 12.2. The van der Waals surface area contributed by atoms with Crippen molar-refractivity contribution in [3.05, 3.63) is 59.7 Å². The van der Waals surface area contributed by atoms with Crippen molar-refractivity contribution in [3.63, 3.8) is 0 Å². The van der Waals surface area contributed by atoms with Crippen molar-refractivity contribution >= 4 is 30.5 Å². The van der Waals surface area contributed by atoms with Gasteiger partial charge in [0, 0.05) is 10.5 Å². The second kappa shape index (κ2) is 8.10. The molecule has 0 bridgehead atoms. The largest absolute Gasteiger partial charge is 0.497 e. The van der Waals surface area contributed by atoms with E-state index in [1.165, 1.54) is 19.9 Å². The molecule has 0 spiro atoms. The lowest BCUT2D eigenvalue weighted by atomic mass is 10.1. The van der Waals surface area contributed by atoms with Crippen LogP contribution in [-0.4, -0.2) is 29.6 Å². The van der Waals surface area contributed by atoms with E-state index in [9.17, 15) is 9.59 Å². The Kier molecular flexibility index (Phi) is 6.10. The van der Waals surface area contributed by atoms with Crippen LogP contribution in [0.3, 0.4) is 0 Å². The van der Waals surface area contributed by atoms with Crippen LogP contribution in [0.5, 0.6) is 11.5 Å². The standard InChI is InChI=1S/C20H20O5S/c1-20(2,19(22)23)25-14-7-4-13(5-8-14)6-11-17(21)16-10-9-15(24-3)12-18(16)26/h4-12,26H,1-3H3,(H,22,23)/b11-6+. The number of methoxy groups -OCH3 is 1. The molecule has 2 aromatic carbocycles. The quantitative estimate of drug-likeness (QED) is 0.434. The average Bonchev–Trinajstić information content (AvgIpc) is 2.60. The third kappa shape index (κ3) is 4.89. The number of thiol groups is 1. The van der Waals surface area contributed by atoms with Gasteiger partial charge in [-0.1, -0.05) is 18.2 Å². The van der Waals surface area contributed by atoms with Gasteiger partial charge in [0.15, 0.2) is 11.4 Å². The predicted molar refractivity (Wildman–Crippen MR) is 102 cm³/mol. The van der Waals surface area contributed by atoms with Gasteiger partial charge >= 0.3 is 5.97 Å². The number of carbonyl (C=O) groups excluding carboxylic acids is 1. The summed E-state index contributed by atoms with van der Waals surface area (Å²) < 4.78 is 10.5. The van der Waals surface area contributed by atoms with Crippen molar-refractivity contribution in [1.29, 1.82) is 0 Å². The monoisotopic (exact) mass is 372 g/mol. The highest BCUT2D eigenvalue weighted by atomic mass is 32.1. The highest BCUT2D eigenvalue weighted by Crippen LogP contribution is 2.23. The van der Waals surface area contributed by atoms with Crippen LogP contribution in [0.4, 0.5) is 0 Å². The molecule has 0 heterocycles. The minimum atomic E-state index is -1.31. The molecule has 0 aromatic heterocycles. The van der Waals surface area contributed by atoms with Gasteiger partial charge in [0.2, 0.25) is 0 Å². The zero-order valence-electron chi connectivity index (χ0n) is 14.7. The lowest BCUT2D eigenvalue weighted by molar-refractivity contribution is -0.152. The second-order valence-corrected chi connectivity index (χ2v) is 6.55. The van der Waals surface area contributed by atoms with Crippen LogP contribution < -0.4 is 9.47 Å². The lowest BCUT2D eigenvalue weighted by Crippen LogP contribution is -2.37. The van der Waals surface area contributed by atoms with E-state index in [2.05, 4.69) is 12.6 Å². The van der Waals surface area contributed by atoms with Crippen LogP contribution in [0.25, 0.3) is 6.08 Å². The third-order valence-electron chi connectivity index (χ3n) is 3.67. The highest BCUT2D eigenvalue weighted by Gasteiger charge is 2.29. The number of hydrogen-bond acceptors (Lipinski definition) is 5. The zero-order chi connectivity index (χ0) is 19.3. The summed E-state index contributed by atoms with van der Waals surface area (Å²) in [5, 5.41) is 9.08. The summed E-state index contributed by atoms with van der Waals surface area (Å²) in [6.45, 7) is 2.96. The van der Waals surface area contributed by atoms with Crippen molar-refractivity contribution in [3.8, 4) is 11.5 Å². The molecule has 0 unspecified atom stereocenters. The highest BCUT2D eigenvalue weighted by molar-refractivity contribution is 7.80. The number of allylic oxidation sites excluding steroid dienone is 1. The first-order valence-corrected chi connectivity index (χ1v) is 8.29. The Bertz CT molecular complexity index is 838. The fraction of sp³-hybridized carbons (Fsp3) is 0.200. The Labute approximate surface area is 157 Å². The number of aliphatic carboxylic acids is 1. The topological polar surface area (TPSA) is 72.8 Å². The smallest absolute Gasteiger partial charge is 0.347 e. The number of carboxylic acid groups (broad SMARTS) is 1. The Balaban J connectivity index is 2.09. The molecule has 0 fully saturated rings. The maximum absolute atomic E-state index is 12.3.